The van der Waals surface area contributed by atoms with E-state index < -0.39 is 23.2 Å². The fourth-order valence-corrected chi connectivity index (χ4v) is 3.15. The number of benzene rings is 1. The Morgan fingerprint density at radius 3 is 2.89 bits per heavy atom. The monoisotopic (exact) mass is 405 g/mol. The molecule has 6 nitrogen and oxygen atoms in total. The van der Waals surface area contributed by atoms with Gasteiger partial charge < -0.3 is 10.1 Å². The first-order chi connectivity index (χ1) is 13.4. The number of nitrogens with zero attached hydrogens (tertiary/aromatic N) is 2. The molecule has 2 heterocycles. The number of unbranched alkanes of at least 4 members (excludes halogenated alkanes) is 1. The number of carbonyl (C=O) groups is 2. The summed E-state index contributed by atoms with van der Waals surface area (Å²) in [5, 5.41) is 2.65. The quantitative estimate of drug-likeness (QED) is 0.747. The summed E-state index contributed by atoms with van der Waals surface area (Å²) >= 11 is 5.77. The van der Waals surface area contributed by atoms with Crippen LogP contribution in [0.3, 0.4) is 0 Å². The standard InChI is InChI=1S/C20H21ClFN3O3/c1-3-4-10-25-17-16(6-5-9-23-17)28-20(2,19(25)27)18(26)24-12-13-7-8-15(22)14(21)11-13/h5-9,11H,3-4,10,12H2,1-2H3,(H,24,26)/t20-/m0/s1. The van der Waals surface area contributed by atoms with Gasteiger partial charge in [-0.15, -0.1) is 0 Å². The number of aromatic nitrogens is 1. The maximum atomic E-state index is 13.3. The first-order valence-electron chi connectivity index (χ1n) is 9.05. The zero-order valence-electron chi connectivity index (χ0n) is 15.7. The van der Waals surface area contributed by atoms with E-state index in [9.17, 15) is 14.0 Å². The molecule has 0 saturated carbocycles. The van der Waals surface area contributed by atoms with Gasteiger partial charge in [0.05, 0.1) is 5.02 Å². The Morgan fingerprint density at radius 1 is 1.39 bits per heavy atom. The van der Waals surface area contributed by atoms with Gasteiger partial charge in [0.1, 0.15) is 5.82 Å². The predicted molar refractivity (Wildman–Crippen MR) is 104 cm³/mol. The molecule has 2 aromatic rings. The minimum absolute atomic E-state index is 0.0336. The van der Waals surface area contributed by atoms with Crippen LogP contribution in [0.1, 0.15) is 32.3 Å². The van der Waals surface area contributed by atoms with E-state index in [1.165, 1.54) is 30.0 Å². The molecule has 0 unspecified atom stereocenters. The van der Waals surface area contributed by atoms with E-state index in [0.29, 0.717) is 23.7 Å². The fourth-order valence-electron chi connectivity index (χ4n) is 2.95. The van der Waals surface area contributed by atoms with Crippen LogP contribution in [0.2, 0.25) is 5.02 Å². The first-order valence-corrected chi connectivity index (χ1v) is 9.43. The third kappa shape index (κ3) is 3.80. The Bertz CT molecular complexity index is 908. The molecule has 0 saturated heterocycles. The molecule has 148 valence electrons. The lowest BCUT2D eigenvalue weighted by molar-refractivity contribution is -0.148. The molecule has 0 radical (unpaired) electrons. The fraction of sp³-hybridized carbons (Fsp3) is 0.350. The third-order valence-electron chi connectivity index (χ3n) is 4.58. The molecule has 2 amide bonds. The highest BCUT2D eigenvalue weighted by Crippen LogP contribution is 2.36. The lowest BCUT2D eigenvalue weighted by Gasteiger charge is -2.38. The van der Waals surface area contributed by atoms with Gasteiger partial charge in [0.25, 0.3) is 17.4 Å². The highest BCUT2D eigenvalue weighted by atomic mass is 35.5. The van der Waals surface area contributed by atoms with E-state index in [2.05, 4.69) is 10.3 Å². The molecule has 0 aliphatic carbocycles. The topological polar surface area (TPSA) is 71.5 Å². The Morgan fingerprint density at radius 2 is 2.18 bits per heavy atom. The predicted octanol–water partition coefficient (Wildman–Crippen LogP) is 3.47. The summed E-state index contributed by atoms with van der Waals surface area (Å²) in [5.41, 5.74) is -1.12. The van der Waals surface area contributed by atoms with E-state index in [1.54, 1.807) is 18.3 Å². The second-order valence-electron chi connectivity index (χ2n) is 6.70. The van der Waals surface area contributed by atoms with E-state index in [4.69, 9.17) is 16.3 Å². The van der Waals surface area contributed by atoms with Gasteiger partial charge in [0, 0.05) is 19.3 Å². The van der Waals surface area contributed by atoms with Crippen LogP contribution in [-0.4, -0.2) is 28.9 Å². The lowest BCUT2D eigenvalue weighted by atomic mass is 10.0. The van der Waals surface area contributed by atoms with Gasteiger partial charge in [-0.05, 0) is 43.2 Å². The number of rotatable bonds is 6. The Labute approximate surface area is 167 Å². The van der Waals surface area contributed by atoms with Crippen molar-refractivity contribution in [3.63, 3.8) is 0 Å². The number of amides is 2. The summed E-state index contributed by atoms with van der Waals surface area (Å²) in [4.78, 5) is 31.7. The third-order valence-corrected chi connectivity index (χ3v) is 4.87. The van der Waals surface area contributed by atoms with Crippen LogP contribution in [0.25, 0.3) is 0 Å². The maximum absolute atomic E-state index is 13.3. The lowest BCUT2D eigenvalue weighted by Crippen LogP contribution is -2.62. The van der Waals surface area contributed by atoms with Crippen LogP contribution in [0, 0.1) is 5.82 Å². The van der Waals surface area contributed by atoms with Crippen molar-refractivity contribution in [2.24, 2.45) is 0 Å². The minimum atomic E-state index is -1.73. The number of hydrogen-bond donors (Lipinski definition) is 1. The molecule has 8 heteroatoms. The SMILES string of the molecule is CCCCN1C(=O)[C@](C)(C(=O)NCc2ccc(F)c(Cl)c2)Oc2cccnc21. The number of fused-ring (bicyclic) bond motifs is 1. The van der Waals surface area contributed by atoms with Crippen molar-refractivity contribution < 1.29 is 18.7 Å². The highest BCUT2D eigenvalue weighted by molar-refractivity contribution is 6.30. The van der Waals surface area contributed by atoms with Gasteiger partial charge in [0.2, 0.25) is 0 Å². The second-order valence-corrected chi connectivity index (χ2v) is 7.11. The smallest absolute Gasteiger partial charge is 0.282 e. The number of hydrogen-bond acceptors (Lipinski definition) is 4. The molecule has 1 aliphatic rings. The molecular weight excluding hydrogens is 385 g/mol. The maximum Gasteiger partial charge on any atom is 0.282 e. The van der Waals surface area contributed by atoms with Gasteiger partial charge in [-0.1, -0.05) is 31.0 Å². The van der Waals surface area contributed by atoms with E-state index in [0.717, 1.165) is 12.8 Å². The molecule has 3 rings (SSSR count). The summed E-state index contributed by atoms with van der Waals surface area (Å²) in [6, 6.07) is 7.53. The van der Waals surface area contributed by atoms with Crippen LogP contribution in [0.4, 0.5) is 10.2 Å². The molecule has 1 aromatic heterocycles. The Balaban J connectivity index is 1.81. The number of ether oxygens (including phenoxy) is 1. The van der Waals surface area contributed by atoms with Crippen LogP contribution >= 0.6 is 11.6 Å². The van der Waals surface area contributed by atoms with Gasteiger partial charge in [-0.25, -0.2) is 9.37 Å². The zero-order chi connectivity index (χ0) is 20.3. The summed E-state index contributed by atoms with van der Waals surface area (Å²) in [5.74, 6) is -0.807. The Hall–Kier alpha value is -2.67. The van der Waals surface area contributed by atoms with E-state index in [-0.39, 0.29) is 11.6 Å². The Kier molecular flexibility index (Phi) is 5.84. The van der Waals surface area contributed by atoms with Gasteiger partial charge >= 0.3 is 0 Å². The molecule has 1 N–H and O–H groups in total. The summed E-state index contributed by atoms with van der Waals surface area (Å²) in [6.45, 7) is 3.99. The van der Waals surface area contributed by atoms with Crippen molar-refractivity contribution in [2.75, 3.05) is 11.4 Å². The number of carbonyl (C=O) groups excluding carboxylic acids is 2. The van der Waals surface area contributed by atoms with Crippen LogP contribution in [0.5, 0.6) is 5.75 Å². The molecule has 1 aliphatic heterocycles. The van der Waals surface area contributed by atoms with Gasteiger partial charge in [-0.2, -0.15) is 0 Å². The summed E-state index contributed by atoms with van der Waals surface area (Å²) in [6.07, 6.45) is 3.24. The van der Waals surface area contributed by atoms with Gasteiger partial charge in [0.15, 0.2) is 11.6 Å². The molecule has 0 bridgehead atoms. The van der Waals surface area contributed by atoms with Crippen molar-refractivity contribution in [3.8, 4) is 5.75 Å². The number of nitrogens with one attached hydrogen (secondary N) is 1. The zero-order valence-corrected chi connectivity index (χ0v) is 16.4. The average Bonchev–Trinajstić information content (AvgIpc) is 2.69. The average molecular weight is 406 g/mol. The molecule has 28 heavy (non-hydrogen) atoms. The van der Waals surface area contributed by atoms with Crippen molar-refractivity contribution in [1.82, 2.24) is 10.3 Å². The van der Waals surface area contributed by atoms with Crippen LogP contribution < -0.4 is 15.0 Å². The number of anilines is 1. The van der Waals surface area contributed by atoms with Crippen LogP contribution in [0.15, 0.2) is 36.5 Å². The van der Waals surface area contributed by atoms with E-state index in [1.807, 2.05) is 6.92 Å². The van der Waals surface area contributed by atoms with Crippen molar-refractivity contribution in [2.45, 2.75) is 38.8 Å². The largest absolute Gasteiger partial charge is 0.464 e. The van der Waals surface area contributed by atoms with Crippen molar-refractivity contribution >= 4 is 29.2 Å². The van der Waals surface area contributed by atoms with Crippen molar-refractivity contribution in [1.29, 1.82) is 0 Å². The highest BCUT2D eigenvalue weighted by Gasteiger charge is 2.50. The normalized spacial score (nSPS) is 18.4. The molecule has 0 fully saturated rings. The second kappa shape index (κ2) is 8.14. The van der Waals surface area contributed by atoms with Gasteiger partial charge in [-0.3, -0.25) is 14.5 Å². The summed E-state index contributed by atoms with van der Waals surface area (Å²) < 4.78 is 19.1. The first kappa shape index (κ1) is 20.1. The number of halogens is 2. The number of pyridine rings is 1. The molecule has 1 atom stereocenters. The van der Waals surface area contributed by atoms with Crippen LogP contribution in [-0.2, 0) is 16.1 Å². The van der Waals surface area contributed by atoms with E-state index >= 15 is 0 Å². The van der Waals surface area contributed by atoms with Crippen molar-refractivity contribution in [3.05, 3.63) is 52.9 Å². The molecular formula is C20H21ClFN3O3. The summed E-state index contributed by atoms with van der Waals surface area (Å²) in [7, 11) is 0. The minimum Gasteiger partial charge on any atom is -0.464 e. The molecule has 1 aromatic carbocycles. The molecule has 0 spiro atoms.